The fourth-order valence-corrected chi connectivity index (χ4v) is 10.4. The number of allylic oxidation sites excluding steroid dienone is 1. The monoisotopic (exact) mass is 743 g/mol. The maximum absolute atomic E-state index is 6.87. The van der Waals surface area contributed by atoms with Crippen LogP contribution in [0.25, 0.3) is 78.8 Å². The van der Waals surface area contributed by atoms with Crippen molar-refractivity contribution in [2.45, 2.75) is 12.8 Å². The topological polar surface area (TPSA) is 63.9 Å². The summed E-state index contributed by atoms with van der Waals surface area (Å²) in [4.78, 5) is 10.4. The Bertz CT molecular complexity index is 3270. The molecule has 6 heteroatoms. The van der Waals surface area contributed by atoms with E-state index in [0.29, 0.717) is 18.2 Å². The number of aryl methyl sites for hydroxylation is 1. The normalized spacial score (nSPS) is 13.8. The van der Waals surface area contributed by atoms with E-state index in [1.807, 2.05) is 11.3 Å². The van der Waals surface area contributed by atoms with Crippen LogP contribution in [0.15, 0.2) is 166 Å². The first kappa shape index (κ1) is 32.1. The van der Waals surface area contributed by atoms with E-state index in [9.17, 15) is 0 Å². The van der Waals surface area contributed by atoms with Gasteiger partial charge in [-0.1, -0.05) is 97.1 Å². The van der Waals surface area contributed by atoms with E-state index in [4.69, 9.17) is 20.1 Å². The van der Waals surface area contributed by atoms with E-state index < -0.39 is 0 Å². The fraction of sp³-hybridized carbons (Fsp3) is 0.0612. The summed E-state index contributed by atoms with van der Waals surface area (Å²) in [5.74, 6) is 2.07. The van der Waals surface area contributed by atoms with Gasteiger partial charge in [-0.05, 0) is 88.5 Å². The first-order valence-electron chi connectivity index (χ1n) is 18.6. The van der Waals surface area contributed by atoms with Crippen molar-refractivity contribution in [2.75, 3.05) is 6.54 Å². The molecule has 1 aliphatic rings. The molecule has 2 N–H and O–H groups in total. The SMILES string of the molecule is N/C(=N\C(=N/CC1=CCCc2oc3ccc(-c4cccc5sc6ccccc6c45)cc3c21)c1ccc2ccccc2c1)c1ccc2sc3ccccc3c2c1. The van der Waals surface area contributed by atoms with Gasteiger partial charge in [0.1, 0.15) is 17.2 Å². The summed E-state index contributed by atoms with van der Waals surface area (Å²) in [5.41, 5.74) is 14.3. The Morgan fingerprint density at radius 2 is 1.36 bits per heavy atom. The molecule has 0 aliphatic heterocycles. The molecule has 3 aromatic heterocycles. The second-order valence-electron chi connectivity index (χ2n) is 14.2. The molecule has 262 valence electrons. The number of amidine groups is 2. The molecule has 3 heterocycles. The highest BCUT2D eigenvalue weighted by Crippen LogP contribution is 2.43. The van der Waals surface area contributed by atoms with Crippen molar-refractivity contribution in [1.29, 1.82) is 0 Å². The third-order valence-electron chi connectivity index (χ3n) is 10.9. The predicted octanol–water partition coefficient (Wildman–Crippen LogP) is 13.2. The second kappa shape index (κ2) is 12.9. The zero-order chi connectivity index (χ0) is 36.5. The van der Waals surface area contributed by atoms with Crippen molar-refractivity contribution in [3.05, 3.63) is 174 Å². The summed E-state index contributed by atoms with van der Waals surface area (Å²) in [5, 5.41) is 8.45. The van der Waals surface area contributed by atoms with E-state index in [2.05, 4.69) is 152 Å². The minimum absolute atomic E-state index is 0.441. The molecule has 0 saturated heterocycles. The van der Waals surface area contributed by atoms with Gasteiger partial charge in [0.05, 0.1) is 6.54 Å². The molecular formula is C49H33N3OS2. The van der Waals surface area contributed by atoms with Crippen LogP contribution in [-0.2, 0) is 6.42 Å². The Morgan fingerprint density at radius 3 is 2.27 bits per heavy atom. The molecule has 0 spiro atoms. The number of rotatable bonds is 5. The van der Waals surface area contributed by atoms with Crippen LogP contribution >= 0.6 is 22.7 Å². The number of hydrogen-bond donors (Lipinski definition) is 1. The maximum Gasteiger partial charge on any atom is 0.157 e. The molecule has 0 unspecified atom stereocenters. The predicted molar refractivity (Wildman–Crippen MR) is 236 cm³/mol. The lowest BCUT2D eigenvalue weighted by Crippen LogP contribution is -2.16. The van der Waals surface area contributed by atoms with E-state index in [1.54, 1.807) is 11.3 Å². The Labute approximate surface area is 325 Å². The molecule has 0 fully saturated rings. The number of nitrogens with two attached hydrogens (primary N) is 1. The van der Waals surface area contributed by atoms with Crippen LogP contribution in [0.3, 0.4) is 0 Å². The van der Waals surface area contributed by atoms with Crippen molar-refractivity contribution in [3.8, 4) is 11.1 Å². The van der Waals surface area contributed by atoms with Gasteiger partial charge in [0, 0.05) is 68.8 Å². The summed E-state index contributed by atoms with van der Waals surface area (Å²) >= 11 is 3.65. The fourth-order valence-electron chi connectivity index (χ4n) is 8.23. The molecule has 0 bridgehead atoms. The lowest BCUT2D eigenvalue weighted by atomic mass is 9.92. The zero-order valence-corrected chi connectivity index (χ0v) is 31.4. The average molecular weight is 744 g/mol. The van der Waals surface area contributed by atoms with Crippen molar-refractivity contribution in [3.63, 3.8) is 0 Å². The van der Waals surface area contributed by atoms with E-state index in [-0.39, 0.29) is 0 Å². The van der Waals surface area contributed by atoms with Crippen molar-refractivity contribution >= 4 is 102 Å². The smallest absolute Gasteiger partial charge is 0.157 e. The number of benzene rings is 7. The summed E-state index contributed by atoms with van der Waals surface area (Å²) in [6, 6.07) is 51.7. The number of fused-ring (bicyclic) bond motifs is 10. The van der Waals surface area contributed by atoms with Crippen LogP contribution in [0.4, 0.5) is 0 Å². The minimum atomic E-state index is 0.441. The molecule has 0 radical (unpaired) electrons. The summed E-state index contributed by atoms with van der Waals surface area (Å²) in [7, 11) is 0. The number of thiophene rings is 2. The Hall–Kier alpha value is -6.34. The van der Waals surface area contributed by atoms with Gasteiger partial charge in [0.15, 0.2) is 5.84 Å². The first-order valence-corrected chi connectivity index (χ1v) is 20.2. The van der Waals surface area contributed by atoms with Gasteiger partial charge < -0.3 is 10.2 Å². The van der Waals surface area contributed by atoms with Gasteiger partial charge in [0.2, 0.25) is 0 Å². The average Bonchev–Trinajstić information content (AvgIpc) is 3.93. The molecule has 7 aromatic carbocycles. The van der Waals surface area contributed by atoms with Gasteiger partial charge in [-0.25, -0.2) is 4.99 Å². The lowest BCUT2D eigenvalue weighted by molar-refractivity contribution is 0.545. The Balaban J connectivity index is 1.01. The van der Waals surface area contributed by atoms with Gasteiger partial charge in [-0.3, -0.25) is 4.99 Å². The van der Waals surface area contributed by atoms with Crippen LogP contribution in [-0.4, -0.2) is 18.2 Å². The van der Waals surface area contributed by atoms with Gasteiger partial charge in [0.25, 0.3) is 0 Å². The molecule has 1 aliphatic carbocycles. The van der Waals surface area contributed by atoms with Crippen LogP contribution in [0.5, 0.6) is 0 Å². The maximum atomic E-state index is 6.87. The van der Waals surface area contributed by atoms with Crippen LogP contribution in [0, 0.1) is 0 Å². The zero-order valence-electron chi connectivity index (χ0n) is 29.8. The third-order valence-corrected chi connectivity index (χ3v) is 13.2. The number of hydrogen-bond acceptors (Lipinski definition) is 4. The van der Waals surface area contributed by atoms with Crippen LogP contribution < -0.4 is 5.73 Å². The molecule has 55 heavy (non-hydrogen) atoms. The highest BCUT2D eigenvalue weighted by Gasteiger charge is 2.22. The molecule has 4 nitrogen and oxygen atoms in total. The molecule has 11 rings (SSSR count). The van der Waals surface area contributed by atoms with E-state index in [0.717, 1.165) is 57.2 Å². The number of nitrogens with zero attached hydrogens (tertiary/aromatic N) is 2. The molecule has 0 saturated carbocycles. The second-order valence-corrected chi connectivity index (χ2v) is 16.3. The van der Waals surface area contributed by atoms with E-state index >= 15 is 0 Å². The van der Waals surface area contributed by atoms with Gasteiger partial charge >= 0.3 is 0 Å². The molecular weight excluding hydrogens is 711 g/mol. The first-order chi connectivity index (χ1) is 27.1. The van der Waals surface area contributed by atoms with E-state index in [1.165, 1.54) is 56.9 Å². The Kier molecular flexibility index (Phi) is 7.54. The highest BCUT2D eigenvalue weighted by molar-refractivity contribution is 7.26. The molecule has 0 atom stereocenters. The number of aliphatic imine (C=N–C) groups is 2. The summed E-state index contributed by atoms with van der Waals surface area (Å²) in [6.45, 7) is 0.448. The van der Waals surface area contributed by atoms with Gasteiger partial charge in [-0.15, -0.1) is 22.7 Å². The van der Waals surface area contributed by atoms with Crippen LogP contribution in [0.1, 0.15) is 28.9 Å². The lowest BCUT2D eigenvalue weighted by Gasteiger charge is -2.13. The largest absolute Gasteiger partial charge is 0.460 e. The van der Waals surface area contributed by atoms with Crippen molar-refractivity contribution in [2.24, 2.45) is 15.7 Å². The number of furan rings is 1. The Morgan fingerprint density at radius 1 is 0.618 bits per heavy atom. The minimum Gasteiger partial charge on any atom is -0.460 e. The summed E-state index contributed by atoms with van der Waals surface area (Å²) in [6.07, 6.45) is 4.08. The standard InChI is InChI=1S/C49H33N3OS2/c50-48(32-22-24-44-38(27-32)36-12-3-5-16-42(36)54-44)52-49(33-20-19-29-9-1-2-10-30(29)25-33)51-28-34-11-7-15-41-46(34)39-26-31(21-23-40(39)53-41)35-14-8-18-45-47(35)37-13-4-6-17-43(37)55-45/h1-6,8-14,16-27H,7,15,28H2,(H2,50,51,52). The van der Waals surface area contributed by atoms with Crippen molar-refractivity contribution < 1.29 is 4.42 Å². The quantitative estimate of drug-likeness (QED) is 0.141. The third kappa shape index (κ3) is 5.48. The summed E-state index contributed by atoms with van der Waals surface area (Å²) < 4.78 is 11.6. The molecule has 10 aromatic rings. The van der Waals surface area contributed by atoms with Gasteiger partial charge in [-0.2, -0.15) is 0 Å². The van der Waals surface area contributed by atoms with Crippen molar-refractivity contribution in [1.82, 2.24) is 0 Å². The molecule has 0 amide bonds. The highest BCUT2D eigenvalue weighted by atomic mass is 32.1. The van der Waals surface area contributed by atoms with Crippen LogP contribution in [0.2, 0.25) is 0 Å².